The van der Waals surface area contributed by atoms with Gasteiger partial charge in [-0.25, -0.2) is 16.8 Å². The molecule has 0 fully saturated rings. The average molecular weight is 748 g/mol. The maximum Gasteiger partial charge on any atom is 0.224 e. The van der Waals surface area contributed by atoms with Gasteiger partial charge in [-0.2, -0.15) is 0 Å². The summed E-state index contributed by atoms with van der Waals surface area (Å²) >= 11 is 0. The number of nitrogens with zero attached hydrogens (tertiary/aromatic N) is 1. The van der Waals surface area contributed by atoms with Gasteiger partial charge in [-0.3, -0.25) is 0 Å². The maximum absolute atomic E-state index is 12.2. The minimum Gasteiger partial charge on any atom is -0.379 e. The Morgan fingerprint density at radius 3 is 1.14 bits per heavy atom. The van der Waals surface area contributed by atoms with Gasteiger partial charge in [-0.1, -0.05) is 157 Å². The summed E-state index contributed by atoms with van der Waals surface area (Å²) in [6.07, 6.45) is 45.2. The molecule has 1 atom stereocenters. The Labute approximate surface area is 311 Å². The van der Waals surface area contributed by atoms with Crippen LogP contribution in [-0.4, -0.2) is 65.5 Å². The molecule has 0 aromatic rings. The van der Waals surface area contributed by atoms with Gasteiger partial charge in [0.1, 0.15) is 0 Å². The summed E-state index contributed by atoms with van der Waals surface area (Å²) in [6.45, 7) is 5.47. The molecule has 0 aromatic heterocycles. The fourth-order valence-corrected chi connectivity index (χ4v) is 8.94. The molecule has 0 aliphatic heterocycles. The number of allylic oxidation sites excluding steroid dienone is 4. The van der Waals surface area contributed by atoms with Crippen LogP contribution < -0.4 is 0 Å². The molecule has 7 nitrogen and oxygen atoms in total. The predicted octanol–water partition coefficient (Wildman–Crippen LogP) is 11.7. The lowest BCUT2D eigenvalue weighted by Gasteiger charge is -2.24. The second kappa shape index (κ2) is 35.3. The number of hydrogen-bond acceptors (Lipinski definition) is 6. The maximum atomic E-state index is 12.2. The summed E-state index contributed by atoms with van der Waals surface area (Å²) in [7, 11) is -7.88. The van der Waals surface area contributed by atoms with Crippen LogP contribution in [0.5, 0.6) is 0 Å². The van der Waals surface area contributed by atoms with E-state index in [1.807, 2.05) is 0 Å². The molecule has 50 heavy (non-hydrogen) atoms. The van der Waals surface area contributed by atoms with Gasteiger partial charge in [-0.05, 0) is 64.2 Å². The fraction of sp³-hybridized carbons (Fsp3) is 0.902. The SMILES string of the molecule is CCCCCCCC/C=C\CCCCCCCCOCC(CN(S(C)(=O)=O)S(C)(=O)=O)OCCCCCCCC/C=C\CCCCCCCC. The van der Waals surface area contributed by atoms with Crippen molar-refractivity contribution in [1.82, 2.24) is 3.71 Å². The Balaban J connectivity index is 4.13. The molecular formula is C41H81NO6S2. The number of sulfonamides is 2. The van der Waals surface area contributed by atoms with E-state index in [2.05, 4.69) is 38.2 Å². The van der Waals surface area contributed by atoms with E-state index in [0.29, 0.717) is 16.9 Å². The van der Waals surface area contributed by atoms with Crippen LogP contribution in [0, 0.1) is 0 Å². The van der Waals surface area contributed by atoms with Crippen molar-refractivity contribution in [1.29, 1.82) is 0 Å². The first-order chi connectivity index (χ1) is 24.1. The highest BCUT2D eigenvalue weighted by Gasteiger charge is 2.30. The quantitative estimate of drug-likeness (QED) is 0.0459. The molecule has 0 saturated carbocycles. The average Bonchev–Trinajstić information content (AvgIpc) is 3.06. The van der Waals surface area contributed by atoms with Gasteiger partial charge in [0.05, 0.1) is 31.8 Å². The fourth-order valence-electron chi connectivity index (χ4n) is 6.10. The first-order valence-electron chi connectivity index (χ1n) is 20.8. The lowest BCUT2D eigenvalue weighted by Crippen LogP contribution is -2.43. The van der Waals surface area contributed by atoms with E-state index in [0.717, 1.165) is 51.0 Å². The minimum atomic E-state index is -3.94. The first-order valence-corrected chi connectivity index (χ1v) is 24.5. The molecule has 9 heteroatoms. The van der Waals surface area contributed by atoms with Crippen LogP contribution in [0.2, 0.25) is 0 Å². The Morgan fingerprint density at radius 1 is 0.460 bits per heavy atom. The molecule has 0 saturated heterocycles. The lowest BCUT2D eigenvalue weighted by molar-refractivity contribution is -0.0205. The third kappa shape index (κ3) is 34.4. The third-order valence-electron chi connectivity index (χ3n) is 9.21. The van der Waals surface area contributed by atoms with E-state index in [4.69, 9.17) is 9.47 Å². The van der Waals surface area contributed by atoms with Crippen molar-refractivity contribution in [3.8, 4) is 0 Å². The zero-order chi connectivity index (χ0) is 37.0. The predicted molar refractivity (Wildman–Crippen MR) is 216 cm³/mol. The molecule has 0 aromatic carbocycles. The number of unbranched alkanes of at least 4 members (excludes halogenated alkanes) is 24. The van der Waals surface area contributed by atoms with Gasteiger partial charge in [0, 0.05) is 13.2 Å². The van der Waals surface area contributed by atoms with Crippen molar-refractivity contribution in [3.63, 3.8) is 0 Å². The van der Waals surface area contributed by atoms with Crippen molar-refractivity contribution in [2.75, 3.05) is 38.9 Å². The van der Waals surface area contributed by atoms with E-state index in [1.54, 1.807) is 0 Å². The van der Waals surface area contributed by atoms with Crippen LogP contribution in [0.15, 0.2) is 24.3 Å². The molecule has 0 aliphatic carbocycles. The van der Waals surface area contributed by atoms with Crippen LogP contribution in [0.4, 0.5) is 0 Å². The van der Waals surface area contributed by atoms with E-state index in [1.165, 1.54) is 141 Å². The Morgan fingerprint density at radius 2 is 0.780 bits per heavy atom. The van der Waals surface area contributed by atoms with E-state index < -0.39 is 26.2 Å². The summed E-state index contributed by atoms with van der Waals surface area (Å²) in [5.41, 5.74) is 0. The minimum absolute atomic E-state index is 0.180. The van der Waals surface area contributed by atoms with Crippen LogP contribution in [0.3, 0.4) is 0 Å². The first kappa shape index (κ1) is 49.3. The molecule has 0 amide bonds. The van der Waals surface area contributed by atoms with Crippen molar-refractivity contribution in [2.45, 2.75) is 200 Å². The summed E-state index contributed by atoms with van der Waals surface area (Å²) < 4.78 is 61.3. The van der Waals surface area contributed by atoms with Gasteiger partial charge in [0.15, 0.2) is 0 Å². The van der Waals surface area contributed by atoms with Crippen LogP contribution in [0.1, 0.15) is 194 Å². The lowest BCUT2D eigenvalue weighted by atomic mass is 10.1. The van der Waals surface area contributed by atoms with Gasteiger partial charge in [0.25, 0.3) is 0 Å². The summed E-state index contributed by atoms with van der Waals surface area (Å²) in [5, 5.41) is 0. The van der Waals surface area contributed by atoms with Gasteiger partial charge in [-0.15, -0.1) is 0 Å². The largest absolute Gasteiger partial charge is 0.379 e. The Hall–Kier alpha value is -0.740. The van der Waals surface area contributed by atoms with Gasteiger partial charge >= 0.3 is 0 Å². The van der Waals surface area contributed by atoms with Gasteiger partial charge in [0.2, 0.25) is 20.0 Å². The summed E-state index contributed by atoms with van der Waals surface area (Å²) in [6, 6.07) is 0. The standard InChI is InChI=1S/C41H81NO6S2/c1-5-7-9-11-13-15-17-19-21-23-25-27-29-31-33-35-37-47-40-41(39-42(49(3,43)44)50(4,45)46)48-38-36-34-32-30-28-26-24-22-20-18-16-14-12-10-8-6-2/h19-22,41H,5-18,23-40H2,1-4H3/b21-19-,22-20-. The van der Waals surface area contributed by atoms with E-state index >= 15 is 0 Å². The smallest absolute Gasteiger partial charge is 0.224 e. The molecule has 0 bridgehead atoms. The van der Waals surface area contributed by atoms with Crippen molar-refractivity contribution in [2.24, 2.45) is 0 Å². The molecular weight excluding hydrogens is 667 g/mol. The zero-order valence-corrected chi connectivity index (χ0v) is 34.9. The molecule has 0 heterocycles. The van der Waals surface area contributed by atoms with Crippen LogP contribution in [0.25, 0.3) is 0 Å². The molecule has 0 N–H and O–H groups in total. The molecule has 0 radical (unpaired) electrons. The normalized spacial score (nSPS) is 13.4. The highest BCUT2D eigenvalue weighted by atomic mass is 32.3. The topological polar surface area (TPSA) is 90.0 Å². The second-order valence-electron chi connectivity index (χ2n) is 14.4. The van der Waals surface area contributed by atoms with Gasteiger partial charge < -0.3 is 9.47 Å². The monoisotopic (exact) mass is 748 g/mol. The van der Waals surface area contributed by atoms with Crippen LogP contribution in [-0.2, 0) is 29.5 Å². The van der Waals surface area contributed by atoms with E-state index in [-0.39, 0.29) is 13.2 Å². The third-order valence-corrected chi connectivity index (χ3v) is 12.6. The van der Waals surface area contributed by atoms with Crippen molar-refractivity contribution < 1.29 is 26.3 Å². The van der Waals surface area contributed by atoms with Crippen molar-refractivity contribution >= 4 is 20.0 Å². The summed E-state index contributed by atoms with van der Waals surface area (Å²) in [5.74, 6) is 0. The highest BCUT2D eigenvalue weighted by Crippen LogP contribution is 2.14. The number of hydrogen-bond donors (Lipinski definition) is 0. The molecule has 0 aliphatic rings. The zero-order valence-electron chi connectivity index (χ0n) is 33.2. The van der Waals surface area contributed by atoms with E-state index in [9.17, 15) is 16.8 Å². The number of rotatable bonds is 39. The highest BCUT2D eigenvalue weighted by molar-refractivity contribution is 8.03. The number of ether oxygens (including phenoxy) is 2. The van der Waals surface area contributed by atoms with Crippen molar-refractivity contribution in [3.05, 3.63) is 24.3 Å². The summed E-state index contributed by atoms with van der Waals surface area (Å²) in [4.78, 5) is 0. The molecule has 0 spiro atoms. The molecule has 1 unspecified atom stereocenters. The molecule has 298 valence electrons. The Bertz CT molecular complexity index is 965. The second-order valence-corrected chi connectivity index (χ2v) is 18.5. The van der Waals surface area contributed by atoms with Crippen LogP contribution >= 0.6 is 0 Å². The Kier molecular flexibility index (Phi) is 34.8. The molecule has 0 rings (SSSR count).